The molecular weight excluding hydrogens is 388 g/mol. The van der Waals surface area contributed by atoms with Gasteiger partial charge in [-0.1, -0.05) is 17.7 Å². The molecule has 1 aliphatic rings. The van der Waals surface area contributed by atoms with Crippen LogP contribution in [0.3, 0.4) is 0 Å². The number of carbonyl (C=O) groups is 1. The topological polar surface area (TPSA) is 114 Å². The fourth-order valence-corrected chi connectivity index (χ4v) is 3.04. The number of carbonyl (C=O) groups excluding carboxylic acids is 1. The molecule has 8 nitrogen and oxygen atoms in total. The van der Waals surface area contributed by atoms with Gasteiger partial charge in [-0.05, 0) is 41.5 Å². The van der Waals surface area contributed by atoms with E-state index in [-0.39, 0.29) is 34.1 Å². The first-order chi connectivity index (χ1) is 13.5. The van der Waals surface area contributed by atoms with E-state index in [1.807, 2.05) is 0 Å². The van der Waals surface area contributed by atoms with Crippen LogP contribution in [-0.2, 0) is 0 Å². The molecule has 1 aliphatic heterocycles. The maximum atomic E-state index is 12.3. The summed E-state index contributed by atoms with van der Waals surface area (Å²) in [5, 5.41) is 11.4. The Hall–Kier alpha value is -3.52. The summed E-state index contributed by atoms with van der Waals surface area (Å²) in [6.45, 7) is 0.0902. The van der Waals surface area contributed by atoms with Gasteiger partial charge in [-0.3, -0.25) is 4.79 Å². The number of nitrogens with zero attached hydrogens (tertiary/aromatic N) is 1. The summed E-state index contributed by atoms with van der Waals surface area (Å²) in [4.78, 5) is 30.2. The number of methoxy groups -OCH3 is 1. The number of benzene rings is 2. The number of nitrogens with one attached hydrogen (secondary N) is 1. The molecule has 0 fully saturated rings. The van der Waals surface area contributed by atoms with Crippen molar-refractivity contribution in [2.45, 2.75) is 0 Å². The van der Waals surface area contributed by atoms with E-state index in [4.69, 9.17) is 25.8 Å². The number of rotatable bonds is 4. The molecule has 0 saturated heterocycles. The first-order valence-electron chi connectivity index (χ1n) is 8.07. The van der Waals surface area contributed by atoms with Crippen molar-refractivity contribution in [3.8, 4) is 17.2 Å². The van der Waals surface area contributed by atoms with Crippen molar-refractivity contribution >= 4 is 39.6 Å². The van der Waals surface area contributed by atoms with Crippen LogP contribution in [0.5, 0.6) is 17.2 Å². The number of halogens is 1. The molecule has 0 radical (unpaired) electrons. The van der Waals surface area contributed by atoms with Crippen molar-refractivity contribution in [3.63, 3.8) is 0 Å². The lowest BCUT2D eigenvalue weighted by Crippen LogP contribution is -2.22. The van der Waals surface area contributed by atoms with Gasteiger partial charge in [0.1, 0.15) is 0 Å². The zero-order chi connectivity index (χ0) is 19.8. The molecule has 0 atom stereocenters. The van der Waals surface area contributed by atoms with Crippen LogP contribution >= 0.6 is 11.6 Å². The van der Waals surface area contributed by atoms with E-state index >= 15 is 0 Å². The second-order valence-electron chi connectivity index (χ2n) is 5.88. The first kappa shape index (κ1) is 17.9. The summed E-state index contributed by atoms with van der Waals surface area (Å²) in [5.41, 5.74) is 0.296. The smallest absolute Gasteiger partial charge is 0.259 e. The summed E-state index contributed by atoms with van der Waals surface area (Å²) >= 11 is 6.35. The summed E-state index contributed by atoms with van der Waals surface area (Å²) in [7, 11) is 1.50. The summed E-state index contributed by atoms with van der Waals surface area (Å²) in [6.07, 6.45) is 1.57. The predicted molar refractivity (Wildman–Crippen MR) is 99.5 cm³/mol. The minimum Gasteiger partial charge on any atom is -0.545 e. The number of hydrogen-bond donors (Lipinski definition) is 1. The number of ether oxygens (including phenoxy) is 3. The van der Waals surface area contributed by atoms with E-state index in [9.17, 15) is 14.7 Å². The maximum absolute atomic E-state index is 12.3. The van der Waals surface area contributed by atoms with Crippen LogP contribution in [0.4, 0.5) is 0 Å². The molecule has 0 saturated carbocycles. The molecule has 0 spiro atoms. The zero-order valence-electron chi connectivity index (χ0n) is 14.4. The van der Waals surface area contributed by atoms with Gasteiger partial charge >= 0.3 is 0 Å². The van der Waals surface area contributed by atoms with E-state index in [1.54, 1.807) is 18.2 Å². The Labute approximate surface area is 162 Å². The van der Waals surface area contributed by atoms with Crippen LogP contribution in [-0.4, -0.2) is 29.8 Å². The van der Waals surface area contributed by atoms with Crippen molar-refractivity contribution < 1.29 is 24.1 Å². The van der Waals surface area contributed by atoms with Gasteiger partial charge in [-0.25, -0.2) is 4.98 Å². The molecular formula is C19H12ClN2O6-. The van der Waals surface area contributed by atoms with E-state index in [1.165, 1.54) is 25.3 Å². The third-order valence-electron chi connectivity index (χ3n) is 4.14. The van der Waals surface area contributed by atoms with Crippen molar-refractivity contribution in [1.82, 2.24) is 9.97 Å². The van der Waals surface area contributed by atoms with Crippen LogP contribution in [0.2, 0.25) is 0 Å². The van der Waals surface area contributed by atoms with Gasteiger partial charge in [-0.2, -0.15) is 0 Å². The van der Waals surface area contributed by atoms with E-state index in [0.29, 0.717) is 22.8 Å². The molecule has 0 aliphatic carbocycles. The van der Waals surface area contributed by atoms with Crippen molar-refractivity contribution in [1.29, 1.82) is 0 Å². The standard InChI is InChI=1S/C19H13ClN2O6/c1-26-14-5-9(6-15-16(14)28-8-27-15)4-12(20)17-21-13-7-10(19(24)25)2-3-11(13)18(23)22-17/h2-7H,8H2,1H3,(H,24,25)(H,21,22,23)/p-1/b12-4-. The second kappa shape index (κ2) is 6.90. The SMILES string of the molecule is COc1cc(/C=C(\Cl)c2nc3cc(C(=O)[O-])ccc3c(=O)[nH]2)cc2c1OCO2. The summed E-state index contributed by atoms with van der Waals surface area (Å²) in [5.74, 6) is 0.214. The molecule has 0 amide bonds. The average molecular weight is 400 g/mol. The highest BCUT2D eigenvalue weighted by atomic mass is 35.5. The maximum Gasteiger partial charge on any atom is 0.259 e. The minimum atomic E-state index is -1.36. The molecule has 0 bridgehead atoms. The lowest BCUT2D eigenvalue weighted by molar-refractivity contribution is -0.255. The summed E-state index contributed by atoms with van der Waals surface area (Å²) < 4.78 is 16.0. The van der Waals surface area contributed by atoms with Crippen LogP contribution in [0.1, 0.15) is 21.7 Å². The van der Waals surface area contributed by atoms with E-state index < -0.39 is 11.5 Å². The third kappa shape index (κ3) is 3.14. The van der Waals surface area contributed by atoms with Crippen LogP contribution in [0.25, 0.3) is 22.0 Å². The average Bonchev–Trinajstić information content (AvgIpc) is 3.15. The van der Waals surface area contributed by atoms with Gasteiger partial charge in [-0.15, -0.1) is 0 Å². The molecule has 142 valence electrons. The highest BCUT2D eigenvalue weighted by molar-refractivity contribution is 6.50. The highest BCUT2D eigenvalue weighted by Gasteiger charge is 2.20. The van der Waals surface area contributed by atoms with Gasteiger partial charge in [0, 0.05) is 0 Å². The predicted octanol–water partition coefficient (Wildman–Crippen LogP) is 1.76. The third-order valence-corrected chi connectivity index (χ3v) is 4.43. The Morgan fingerprint density at radius 2 is 2.14 bits per heavy atom. The monoisotopic (exact) mass is 399 g/mol. The lowest BCUT2D eigenvalue weighted by Gasteiger charge is -2.07. The Kier molecular flexibility index (Phi) is 4.40. The number of aromatic nitrogens is 2. The van der Waals surface area contributed by atoms with Gasteiger partial charge in [0.2, 0.25) is 12.5 Å². The second-order valence-corrected chi connectivity index (χ2v) is 6.29. The quantitative estimate of drug-likeness (QED) is 0.711. The van der Waals surface area contributed by atoms with Gasteiger partial charge in [0.25, 0.3) is 5.56 Å². The number of H-pyrrole nitrogens is 1. The molecule has 1 aromatic heterocycles. The highest BCUT2D eigenvalue weighted by Crippen LogP contribution is 2.42. The molecule has 0 unspecified atom stereocenters. The van der Waals surface area contributed by atoms with Crippen molar-refractivity contribution in [3.05, 3.63) is 57.6 Å². The molecule has 28 heavy (non-hydrogen) atoms. The first-order valence-corrected chi connectivity index (χ1v) is 8.44. The van der Waals surface area contributed by atoms with Crippen LogP contribution in [0.15, 0.2) is 35.1 Å². The number of aromatic carboxylic acids is 1. The normalized spacial score (nSPS) is 13.0. The fourth-order valence-electron chi connectivity index (χ4n) is 2.83. The zero-order valence-corrected chi connectivity index (χ0v) is 15.2. The van der Waals surface area contributed by atoms with Crippen molar-refractivity contribution in [2.75, 3.05) is 13.9 Å². The summed E-state index contributed by atoms with van der Waals surface area (Å²) in [6, 6.07) is 7.32. The molecule has 2 aromatic carbocycles. The minimum absolute atomic E-state index is 0.0860. The Morgan fingerprint density at radius 1 is 1.32 bits per heavy atom. The number of carboxylic acids is 1. The van der Waals surface area contributed by atoms with Crippen LogP contribution < -0.4 is 24.9 Å². The Balaban J connectivity index is 1.79. The Bertz CT molecular complexity index is 1200. The molecule has 3 aromatic rings. The number of fused-ring (bicyclic) bond motifs is 2. The lowest BCUT2D eigenvalue weighted by atomic mass is 10.1. The number of aromatic amines is 1. The van der Waals surface area contributed by atoms with Gasteiger partial charge < -0.3 is 29.1 Å². The van der Waals surface area contributed by atoms with Gasteiger partial charge in [0.15, 0.2) is 17.3 Å². The number of carboxylic acid groups (broad SMARTS) is 1. The largest absolute Gasteiger partial charge is 0.545 e. The van der Waals surface area contributed by atoms with Crippen LogP contribution in [0, 0.1) is 0 Å². The van der Waals surface area contributed by atoms with E-state index in [2.05, 4.69) is 9.97 Å². The Morgan fingerprint density at radius 3 is 2.89 bits per heavy atom. The molecule has 2 heterocycles. The van der Waals surface area contributed by atoms with Crippen molar-refractivity contribution in [2.24, 2.45) is 0 Å². The van der Waals surface area contributed by atoms with Gasteiger partial charge in [0.05, 0.1) is 29.0 Å². The number of hydrogen-bond acceptors (Lipinski definition) is 7. The fraction of sp³-hybridized carbons (Fsp3) is 0.105. The molecule has 1 N–H and O–H groups in total. The molecule has 4 rings (SSSR count). The van der Waals surface area contributed by atoms with E-state index in [0.717, 1.165) is 0 Å². The molecule has 9 heteroatoms.